The van der Waals surface area contributed by atoms with Crippen molar-refractivity contribution in [3.63, 3.8) is 0 Å². The van der Waals surface area contributed by atoms with Crippen LogP contribution in [-0.4, -0.2) is 37.6 Å². The molecule has 2 heterocycles. The second-order valence-electron chi connectivity index (χ2n) is 2.76. The zero-order valence-electron chi connectivity index (χ0n) is 7.44. The Morgan fingerprint density at radius 1 is 1.67 bits per heavy atom. The molecule has 0 aromatic carbocycles. The summed E-state index contributed by atoms with van der Waals surface area (Å²) in [6.07, 6.45) is 1.49. The molecule has 0 bridgehead atoms. The highest BCUT2D eigenvalue weighted by atomic mass is 32.1. The van der Waals surface area contributed by atoms with Crippen LogP contribution in [0.1, 0.15) is 0 Å². The van der Waals surface area contributed by atoms with Gasteiger partial charge in [-0.1, -0.05) is 12.2 Å². The fourth-order valence-corrected chi connectivity index (χ4v) is 1.34. The molecule has 0 atom stereocenters. The van der Waals surface area contributed by atoms with Crippen LogP contribution in [0.15, 0.2) is 6.33 Å². The number of aromatic amines is 2. The number of aliphatic carboxylic acids is 1. The van der Waals surface area contributed by atoms with Gasteiger partial charge >= 0.3 is 5.97 Å². The third-order valence-corrected chi connectivity index (χ3v) is 2.01. The Morgan fingerprint density at radius 2 is 2.47 bits per heavy atom. The van der Waals surface area contributed by atoms with E-state index in [1.807, 2.05) is 0 Å². The van der Waals surface area contributed by atoms with Crippen LogP contribution in [0.25, 0.3) is 11.2 Å². The highest BCUT2D eigenvalue weighted by Gasteiger charge is 2.03. The van der Waals surface area contributed by atoms with Crippen molar-refractivity contribution in [1.29, 1.82) is 0 Å². The SMILES string of the molecule is O=C(O)CNc1nc(=S)c2[nH]cnc2[nH]1. The van der Waals surface area contributed by atoms with Crippen molar-refractivity contribution < 1.29 is 9.90 Å². The fraction of sp³-hybridized carbons (Fsp3) is 0.143. The van der Waals surface area contributed by atoms with E-state index in [0.29, 0.717) is 21.8 Å². The lowest BCUT2D eigenvalue weighted by atomic mass is 10.5. The normalized spacial score (nSPS) is 10.4. The Morgan fingerprint density at radius 3 is 3.20 bits per heavy atom. The van der Waals surface area contributed by atoms with Crippen LogP contribution < -0.4 is 5.32 Å². The molecular formula is C7H7N5O2S. The van der Waals surface area contributed by atoms with E-state index in [9.17, 15) is 4.79 Å². The van der Waals surface area contributed by atoms with Crippen molar-refractivity contribution in [2.75, 3.05) is 11.9 Å². The summed E-state index contributed by atoms with van der Waals surface area (Å²) in [6.45, 7) is -0.228. The van der Waals surface area contributed by atoms with Crippen molar-refractivity contribution in [3.05, 3.63) is 11.0 Å². The molecule has 4 N–H and O–H groups in total. The molecule has 0 spiro atoms. The van der Waals surface area contributed by atoms with Crippen LogP contribution in [0.2, 0.25) is 0 Å². The molecule has 0 unspecified atom stereocenters. The summed E-state index contributed by atoms with van der Waals surface area (Å²) in [4.78, 5) is 23.9. The molecule has 7 nitrogen and oxygen atoms in total. The number of aromatic nitrogens is 4. The maximum Gasteiger partial charge on any atom is 0.322 e. The molecule has 0 saturated carbocycles. The molecule has 0 aliphatic rings. The summed E-state index contributed by atoms with van der Waals surface area (Å²) in [5.74, 6) is -0.680. The van der Waals surface area contributed by atoms with Gasteiger partial charge in [-0.3, -0.25) is 4.79 Å². The quantitative estimate of drug-likeness (QED) is 0.567. The number of nitrogens with one attached hydrogen (secondary N) is 3. The average molecular weight is 225 g/mol. The fourth-order valence-electron chi connectivity index (χ4n) is 1.09. The molecule has 2 rings (SSSR count). The summed E-state index contributed by atoms with van der Waals surface area (Å²) < 4.78 is 0.342. The second-order valence-corrected chi connectivity index (χ2v) is 3.15. The number of nitrogens with zero attached hydrogens (tertiary/aromatic N) is 2. The lowest BCUT2D eigenvalue weighted by Gasteiger charge is -2.01. The Hall–Kier alpha value is -1.96. The zero-order chi connectivity index (χ0) is 10.8. The second kappa shape index (κ2) is 3.65. The molecule has 0 saturated heterocycles. The molecule has 0 aliphatic heterocycles. The number of imidazole rings is 1. The summed E-state index contributed by atoms with van der Waals surface area (Å²) in [5.41, 5.74) is 1.17. The maximum absolute atomic E-state index is 10.3. The van der Waals surface area contributed by atoms with Crippen LogP contribution in [0.3, 0.4) is 0 Å². The summed E-state index contributed by atoms with van der Waals surface area (Å²) in [5, 5.41) is 11.0. The van der Waals surface area contributed by atoms with Gasteiger partial charge in [-0.15, -0.1) is 0 Å². The van der Waals surface area contributed by atoms with E-state index in [2.05, 4.69) is 25.3 Å². The molecule has 0 fully saturated rings. The monoisotopic (exact) mass is 225 g/mol. The van der Waals surface area contributed by atoms with E-state index in [-0.39, 0.29) is 6.54 Å². The highest BCUT2D eigenvalue weighted by Crippen LogP contribution is 2.09. The van der Waals surface area contributed by atoms with E-state index < -0.39 is 5.97 Å². The van der Waals surface area contributed by atoms with Crippen molar-refractivity contribution in [2.45, 2.75) is 0 Å². The zero-order valence-corrected chi connectivity index (χ0v) is 8.26. The van der Waals surface area contributed by atoms with E-state index in [1.165, 1.54) is 6.33 Å². The number of anilines is 1. The predicted octanol–water partition coefficient (Wildman–Crippen LogP) is 0.512. The van der Waals surface area contributed by atoms with Crippen molar-refractivity contribution in [3.8, 4) is 0 Å². The van der Waals surface area contributed by atoms with E-state index in [1.54, 1.807) is 0 Å². The predicted molar refractivity (Wildman–Crippen MR) is 55.2 cm³/mol. The molecule has 0 aliphatic carbocycles. The van der Waals surface area contributed by atoms with E-state index in [4.69, 9.17) is 17.3 Å². The lowest BCUT2D eigenvalue weighted by Crippen LogP contribution is -2.14. The smallest absolute Gasteiger partial charge is 0.322 e. The minimum Gasteiger partial charge on any atom is -0.480 e. The molecule has 78 valence electrons. The van der Waals surface area contributed by atoms with Gasteiger partial charge in [0, 0.05) is 0 Å². The van der Waals surface area contributed by atoms with Gasteiger partial charge in [-0.2, -0.15) is 0 Å². The van der Waals surface area contributed by atoms with Gasteiger partial charge in [0.1, 0.15) is 12.1 Å². The summed E-state index contributed by atoms with van der Waals surface area (Å²) in [7, 11) is 0. The number of rotatable bonds is 3. The number of hydrogen-bond donors (Lipinski definition) is 4. The minimum absolute atomic E-state index is 0.228. The first-order valence-electron chi connectivity index (χ1n) is 4.06. The van der Waals surface area contributed by atoms with Crippen molar-refractivity contribution in [2.24, 2.45) is 0 Å². The molecule has 2 aromatic heterocycles. The molecular weight excluding hydrogens is 218 g/mol. The van der Waals surface area contributed by atoms with Gasteiger partial charge in [0.05, 0.1) is 6.33 Å². The Kier molecular flexibility index (Phi) is 2.34. The molecule has 8 heteroatoms. The third-order valence-electron chi connectivity index (χ3n) is 1.71. The number of H-pyrrole nitrogens is 2. The third kappa shape index (κ3) is 1.94. The summed E-state index contributed by atoms with van der Waals surface area (Å²) in [6, 6.07) is 0. The van der Waals surface area contributed by atoms with Crippen LogP contribution in [0.4, 0.5) is 5.95 Å². The minimum atomic E-state index is -0.974. The highest BCUT2D eigenvalue weighted by molar-refractivity contribution is 7.71. The van der Waals surface area contributed by atoms with Crippen LogP contribution in [-0.2, 0) is 4.79 Å². The molecule has 2 aromatic rings. The van der Waals surface area contributed by atoms with Gasteiger partial charge in [0.15, 0.2) is 10.3 Å². The lowest BCUT2D eigenvalue weighted by molar-refractivity contribution is -0.134. The molecule has 0 radical (unpaired) electrons. The van der Waals surface area contributed by atoms with Crippen molar-refractivity contribution in [1.82, 2.24) is 19.9 Å². The van der Waals surface area contributed by atoms with Crippen LogP contribution in [0.5, 0.6) is 0 Å². The Labute approximate surface area is 88.6 Å². The summed E-state index contributed by atoms with van der Waals surface area (Å²) >= 11 is 4.99. The first-order valence-corrected chi connectivity index (χ1v) is 4.46. The van der Waals surface area contributed by atoms with Gasteiger partial charge in [0.25, 0.3) is 0 Å². The number of carboxylic acids is 1. The van der Waals surface area contributed by atoms with Crippen LogP contribution >= 0.6 is 12.2 Å². The molecule has 15 heavy (non-hydrogen) atoms. The van der Waals surface area contributed by atoms with E-state index >= 15 is 0 Å². The first kappa shape index (κ1) is 9.59. The molecule has 0 amide bonds. The van der Waals surface area contributed by atoms with E-state index in [0.717, 1.165) is 0 Å². The topological polar surface area (TPSA) is 107 Å². The first-order chi connectivity index (χ1) is 7.16. The number of carboxylic acid groups (broad SMARTS) is 1. The van der Waals surface area contributed by atoms with Crippen molar-refractivity contribution >= 4 is 35.3 Å². The Bertz CT molecular complexity index is 560. The number of carbonyl (C=O) groups is 1. The largest absolute Gasteiger partial charge is 0.480 e. The van der Waals surface area contributed by atoms with Gasteiger partial charge in [0.2, 0.25) is 5.95 Å². The average Bonchev–Trinajstić information content (AvgIpc) is 2.63. The Balaban J connectivity index is 2.36. The number of fused-ring (bicyclic) bond motifs is 1. The van der Waals surface area contributed by atoms with Gasteiger partial charge in [-0.25, -0.2) is 9.97 Å². The van der Waals surface area contributed by atoms with Gasteiger partial charge < -0.3 is 20.4 Å². The standard InChI is InChI=1S/C7H7N5O2S/c13-3(14)1-8-7-11-5-4(6(15)12-7)9-2-10-5/h2H,1H2,(H,13,14)(H3,8,9,10,11,12,15). The van der Waals surface area contributed by atoms with Crippen LogP contribution in [0, 0.1) is 4.64 Å². The number of hydrogen-bond acceptors (Lipinski definition) is 5. The van der Waals surface area contributed by atoms with Gasteiger partial charge in [-0.05, 0) is 0 Å². The maximum atomic E-state index is 10.3.